The number of aliphatic carboxylic acids is 1. The third kappa shape index (κ3) is 4.78. The molecule has 2 fully saturated rings. The maximum absolute atomic E-state index is 10.8. The van der Waals surface area contributed by atoms with E-state index >= 15 is 0 Å². The molecule has 2 unspecified atom stereocenters. The Labute approximate surface area is 147 Å². The second kappa shape index (κ2) is 7.95. The molecule has 0 saturated carbocycles. The minimum absolute atomic E-state index is 0.0753. The van der Waals surface area contributed by atoms with Gasteiger partial charge >= 0.3 is 5.97 Å². The van der Waals surface area contributed by atoms with Crippen LogP contribution < -0.4 is 11.2 Å². The third-order valence-corrected chi connectivity index (χ3v) is 5.13. The summed E-state index contributed by atoms with van der Waals surface area (Å²) in [6.07, 6.45) is 3.21. The van der Waals surface area contributed by atoms with E-state index in [2.05, 4.69) is 10.4 Å². The van der Waals surface area contributed by atoms with Gasteiger partial charge in [0.2, 0.25) is 0 Å². The van der Waals surface area contributed by atoms with Crippen LogP contribution in [0.25, 0.3) is 0 Å². The molecule has 0 aromatic heterocycles. The summed E-state index contributed by atoms with van der Waals surface area (Å²) >= 11 is 0. The second-order valence-corrected chi connectivity index (χ2v) is 7.02. The highest BCUT2D eigenvalue weighted by molar-refractivity contribution is 5.94. The number of hydrogen-bond acceptors (Lipinski definition) is 5. The fourth-order valence-electron chi connectivity index (χ4n) is 3.66. The van der Waals surface area contributed by atoms with Crippen molar-refractivity contribution in [2.45, 2.75) is 37.8 Å². The van der Waals surface area contributed by atoms with Crippen molar-refractivity contribution in [3.8, 4) is 0 Å². The molecule has 0 bridgehead atoms. The van der Waals surface area contributed by atoms with Gasteiger partial charge in [0.1, 0.15) is 5.84 Å². The lowest BCUT2D eigenvalue weighted by Gasteiger charge is -2.32. The number of nitrogens with zero attached hydrogens (tertiary/aromatic N) is 1. The van der Waals surface area contributed by atoms with E-state index in [9.17, 15) is 4.79 Å². The van der Waals surface area contributed by atoms with Crippen molar-refractivity contribution >= 4 is 11.8 Å². The van der Waals surface area contributed by atoms with E-state index in [0.29, 0.717) is 5.92 Å². The first-order valence-corrected chi connectivity index (χ1v) is 8.81. The lowest BCUT2D eigenvalue weighted by atomic mass is 9.93. The van der Waals surface area contributed by atoms with E-state index in [1.165, 1.54) is 0 Å². The number of nitrogens with one attached hydrogen (secondary N) is 2. The molecule has 2 atom stereocenters. The third-order valence-electron chi connectivity index (χ3n) is 5.13. The Balaban J connectivity index is 1.45. The number of benzene rings is 1. The normalized spacial score (nSPS) is 25.1. The number of amidine groups is 1. The largest absolute Gasteiger partial charge is 0.481 e. The Hall–Kier alpha value is -1.96. The summed E-state index contributed by atoms with van der Waals surface area (Å²) < 4.78 is 0. The molecule has 7 heteroatoms. The number of piperidine rings is 1. The highest BCUT2D eigenvalue weighted by Crippen LogP contribution is 2.27. The fraction of sp³-hybridized carbons (Fsp3) is 0.556. The minimum Gasteiger partial charge on any atom is -0.481 e. The standard InChI is InChI=1S/C18H26N4O3/c19-18(20)14-3-1-13(2-4-14)16-10-15(25-21-16)11-22-7-5-12(6-8-22)9-17(23)24/h1-4,12,15-16,21H,5-11H2,(H3,19,20)(H,23,24). The molecular weight excluding hydrogens is 320 g/mol. The molecule has 2 aliphatic rings. The Morgan fingerprint density at radius 2 is 2.00 bits per heavy atom. The first-order valence-electron chi connectivity index (χ1n) is 8.81. The van der Waals surface area contributed by atoms with Gasteiger partial charge in [-0.2, -0.15) is 5.48 Å². The summed E-state index contributed by atoms with van der Waals surface area (Å²) in [7, 11) is 0. The number of nitrogens with two attached hydrogens (primary N) is 1. The zero-order valence-electron chi connectivity index (χ0n) is 14.3. The fourth-order valence-corrected chi connectivity index (χ4v) is 3.66. The number of likely N-dealkylation sites (tertiary alicyclic amines) is 1. The smallest absolute Gasteiger partial charge is 0.303 e. The SMILES string of the molecule is N=C(N)c1ccc(C2CC(CN3CCC(CC(=O)O)CC3)ON2)cc1. The Morgan fingerprint density at radius 1 is 1.32 bits per heavy atom. The van der Waals surface area contributed by atoms with E-state index < -0.39 is 5.97 Å². The molecule has 1 aromatic carbocycles. The number of carbonyl (C=O) groups is 1. The van der Waals surface area contributed by atoms with Crippen LogP contribution in [0.3, 0.4) is 0 Å². The molecule has 136 valence electrons. The molecule has 2 heterocycles. The maximum atomic E-state index is 10.8. The van der Waals surface area contributed by atoms with E-state index in [1.54, 1.807) is 0 Å². The van der Waals surface area contributed by atoms with Crippen molar-refractivity contribution in [3.05, 3.63) is 35.4 Å². The van der Waals surface area contributed by atoms with Gasteiger partial charge in [-0.25, -0.2) is 0 Å². The zero-order chi connectivity index (χ0) is 17.8. The maximum Gasteiger partial charge on any atom is 0.303 e. The molecule has 0 aliphatic carbocycles. The van der Waals surface area contributed by atoms with Crippen LogP contribution in [0.15, 0.2) is 24.3 Å². The van der Waals surface area contributed by atoms with Gasteiger partial charge in [-0.1, -0.05) is 24.3 Å². The number of rotatable bonds is 6. The molecule has 0 radical (unpaired) electrons. The summed E-state index contributed by atoms with van der Waals surface area (Å²) in [5.41, 5.74) is 10.4. The van der Waals surface area contributed by atoms with Gasteiger partial charge in [-0.3, -0.25) is 15.0 Å². The summed E-state index contributed by atoms with van der Waals surface area (Å²) in [6, 6.07) is 7.84. The highest BCUT2D eigenvalue weighted by Gasteiger charge is 2.30. The van der Waals surface area contributed by atoms with Gasteiger partial charge in [0.05, 0.1) is 12.1 Å². The predicted octanol–water partition coefficient (Wildman–Crippen LogP) is 1.49. The first-order chi connectivity index (χ1) is 12.0. The van der Waals surface area contributed by atoms with Crippen LogP contribution >= 0.6 is 0 Å². The zero-order valence-corrected chi connectivity index (χ0v) is 14.3. The van der Waals surface area contributed by atoms with Crippen molar-refractivity contribution in [2.75, 3.05) is 19.6 Å². The lowest BCUT2D eigenvalue weighted by Crippen LogP contribution is -2.39. The topological polar surface area (TPSA) is 112 Å². The molecule has 3 rings (SSSR count). The molecule has 2 saturated heterocycles. The van der Waals surface area contributed by atoms with E-state index in [1.807, 2.05) is 24.3 Å². The number of nitrogen functional groups attached to an aromatic ring is 1. The van der Waals surface area contributed by atoms with Gasteiger partial charge < -0.3 is 15.7 Å². The Kier molecular flexibility index (Phi) is 5.67. The molecule has 0 amide bonds. The average molecular weight is 346 g/mol. The second-order valence-electron chi connectivity index (χ2n) is 7.02. The quantitative estimate of drug-likeness (QED) is 0.459. The number of hydrogen-bond donors (Lipinski definition) is 4. The monoisotopic (exact) mass is 346 g/mol. The van der Waals surface area contributed by atoms with Crippen LogP contribution in [-0.2, 0) is 9.63 Å². The van der Waals surface area contributed by atoms with Crippen molar-refractivity contribution in [1.29, 1.82) is 5.41 Å². The van der Waals surface area contributed by atoms with Crippen LogP contribution in [0.2, 0.25) is 0 Å². The van der Waals surface area contributed by atoms with Gasteiger partial charge in [-0.15, -0.1) is 0 Å². The van der Waals surface area contributed by atoms with Gasteiger partial charge in [0.15, 0.2) is 0 Å². The summed E-state index contributed by atoms with van der Waals surface area (Å²) in [5, 5.41) is 16.3. The van der Waals surface area contributed by atoms with Gasteiger partial charge in [-0.05, 0) is 43.8 Å². The van der Waals surface area contributed by atoms with Crippen LogP contribution in [0, 0.1) is 11.3 Å². The molecule has 2 aliphatic heterocycles. The number of carboxylic acid groups (broad SMARTS) is 1. The van der Waals surface area contributed by atoms with Crippen molar-refractivity contribution in [2.24, 2.45) is 11.7 Å². The van der Waals surface area contributed by atoms with E-state index in [-0.39, 0.29) is 24.4 Å². The molecule has 1 aromatic rings. The summed E-state index contributed by atoms with van der Waals surface area (Å²) in [4.78, 5) is 18.9. The highest BCUT2D eigenvalue weighted by atomic mass is 16.7. The van der Waals surface area contributed by atoms with Crippen molar-refractivity contribution in [1.82, 2.24) is 10.4 Å². The summed E-state index contributed by atoms with van der Waals surface area (Å²) in [6.45, 7) is 2.75. The van der Waals surface area contributed by atoms with Gasteiger partial charge in [0, 0.05) is 18.5 Å². The van der Waals surface area contributed by atoms with Gasteiger partial charge in [0.25, 0.3) is 0 Å². The summed E-state index contributed by atoms with van der Waals surface area (Å²) in [5.74, 6) is -0.310. The Morgan fingerprint density at radius 3 is 2.60 bits per heavy atom. The van der Waals surface area contributed by atoms with E-state index in [0.717, 1.165) is 50.0 Å². The molecular formula is C18H26N4O3. The minimum atomic E-state index is -0.694. The van der Waals surface area contributed by atoms with Crippen molar-refractivity contribution < 1.29 is 14.7 Å². The van der Waals surface area contributed by atoms with Crippen molar-refractivity contribution in [3.63, 3.8) is 0 Å². The van der Waals surface area contributed by atoms with Crippen LogP contribution in [-0.4, -0.2) is 47.5 Å². The predicted molar refractivity (Wildman–Crippen MR) is 94.2 cm³/mol. The number of carboxylic acids is 1. The average Bonchev–Trinajstić information content (AvgIpc) is 3.05. The van der Waals surface area contributed by atoms with Crippen LogP contribution in [0.5, 0.6) is 0 Å². The van der Waals surface area contributed by atoms with Crippen LogP contribution in [0.4, 0.5) is 0 Å². The molecule has 0 spiro atoms. The molecule has 5 N–H and O–H groups in total. The van der Waals surface area contributed by atoms with Crippen LogP contribution in [0.1, 0.15) is 42.9 Å². The lowest BCUT2D eigenvalue weighted by molar-refractivity contribution is -0.138. The molecule has 25 heavy (non-hydrogen) atoms. The number of hydroxylamine groups is 1. The van der Waals surface area contributed by atoms with E-state index in [4.69, 9.17) is 21.1 Å². The molecule has 7 nitrogen and oxygen atoms in total. The first kappa shape index (κ1) is 17.8. The Bertz CT molecular complexity index is 611.